The molecule has 1 aliphatic heterocycles. The average Bonchev–Trinajstić information content (AvgIpc) is 2.60. The van der Waals surface area contributed by atoms with Crippen molar-refractivity contribution in [2.75, 3.05) is 20.3 Å². The lowest BCUT2D eigenvalue weighted by atomic mass is 10.0. The van der Waals surface area contributed by atoms with Crippen molar-refractivity contribution in [3.63, 3.8) is 0 Å². The van der Waals surface area contributed by atoms with Crippen LogP contribution < -0.4 is 5.32 Å². The summed E-state index contributed by atoms with van der Waals surface area (Å²) in [4.78, 5) is 24.4. The molecule has 0 aromatic heterocycles. The van der Waals surface area contributed by atoms with Crippen molar-refractivity contribution >= 4 is 12.0 Å². The van der Waals surface area contributed by atoms with Gasteiger partial charge in [0.25, 0.3) is 0 Å². The fourth-order valence-corrected chi connectivity index (χ4v) is 2.14. The normalized spacial score (nSPS) is 25.7. The lowest BCUT2D eigenvalue weighted by molar-refractivity contribution is -0.142. The van der Waals surface area contributed by atoms with Crippen molar-refractivity contribution in [1.29, 1.82) is 0 Å². The van der Waals surface area contributed by atoms with E-state index in [1.807, 2.05) is 6.92 Å². The molecule has 0 aromatic rings. The van der Waals surface area contributed by atoms with Gasteiger partial charge in [0, 0.05) is 19.7 Å². The predicted octanol–water partition coefficient (Wildman–Crippen LogP) is 0.526. The second kappa shape index (κ2) is 5.86. The number of amides is 2. The number of carbonyl (C=O) groups excluding carboxylic acids is 1. The Kier molecular flexibility index (Phi) is 4.74. The Labute approximate surface area is 101 Å². The van der Waals surface area contributed by atoms with Gasteiger partial charge in [-0.25, -0.2) is 4.79 Å². The number of nitrogens with one attached hydrogen (secondary N) is 1. The zero-order valence-electron chi connectivity index (χ0n) is 10.5. The molecule has 6 heteroatoms. The summed E-state index contributed by atoms with van der Waals surface area (Å²) in [6.45, 7) is 4.54. The number of rotatable bonds is 4. The summed E-state index contributed by atoms with van der Waals surface area (Å²) in [7, 11) is 1.57. The van der Waals surface area contributed by atoms with Crippen LogP contribution in [0, 0.1) is 5.92 Å². The summed E-state index contributed by atoms with van der Waals surface area (Å²) in [6.07, 6.45) is 0.516. The largest absolute Gasteiger partial charge is 0.481 e. The van der Waals surface area contributed by atoms with Gasteiger partial charge >= 0.3 is 12.0 Å². The van der Waals surface area contributed by atoms with Gasteiger partial charge < -0.3 is 20.1 Å². The molecule has 1 aliphatic rings. The van der Waals surface area contributed by atoms with Crippen molar-refractivity contribution in [3.8, 4) is 0 Å². The first-order valence-corrected chi connectivity index (χ1v) is 5.76. The summed E-state index contributed by atoms with van der Waals surface area (Å²) in [5.74, 6) is -1.30. The summed E-state index contributed by atoms with van der Waals surface area (Å²) >= 11 is 0. The minimum Gasteiger partial charge on any atom is -0.481 e. The summed E-state index contributed by atoms with van der Waals surface area (Å²) < 4.78 is 4.93. The first-order valence-electron chi connectivity index (χ1n) is 5.76. The number of aliphatic carboxylic acids is 1. The number of ether oxygens (including phenoxy) is 1. The molecule has 3 atom stereocenters. The highest BCUT2D eigenvalue weighted by atomic mass is 16.5. The SMILES string of the molecule is COCC(C)NC(=O)N1CCC(C(=O)O)C1C. The molecule has 1 saturated heterocycles. The highest BCUT2D eigenvalue weighted by Crippen LogP contribution is 2.24. The molecule has 1 heterocycles. The van der Waals surface area contributed by atoms with Crippen LogP contribution in [0.1, 0.15) is 20.3 Å². The number of carbonyl (C=O) groups is 2. The van der Waals surface area contributed by atoms with Crippen molar-refractivity contribution in [1.82, 2.24) is 10.2 Å². The van der Waals surface area contributed by atoms with Crippen LogP contribution in [0.25, 0.3) is 0 Å². The molecular formula is C11H20N2O4. The number of urea groups is 1. The Bertz CT molecular complexity index is 295. The van der Waals surface area contributed by atoms with Crippen molar-refractivity contribution in [2.24, 2.45) is 5.92 Å². The lowest BCUT2D eigenvalue weighted by Crippen LogP contribution is -2.47. The molecule has 17 heavy (non-hydrogen) atoms. The van der Waals surface area contributed by atoms with Crippen LogP contribution in [0.15, 0.2) is 0 Å². The van der Waals surface area contributed by atoms with Crippen LogP contribution in [-0.4, -0.2) is 54.4 Å². The molecule has 1 rings (SSSR count). The van der Waals surface area contributed by atoms with Crippen LogP contribution >= 0.6 is 0 Å². The molecule has 3 unspecified atom stereocenters. The van der Waals surface area contributed by atoms with Gasteiger partial charge in [-0.3, -0.25) is 4.79 Å². The van der Waals surface area contributed by atoms with Crippen LogP contribution in [0.5, 0.6) is 0 Å². The first kappa shape index (κ1) is 13.8. The van der Waals surface area contributed by atoms with Gasteiger partial charge in [0.05, 0.1) is 18.6 Å². The van der Waals surface area contributed by atoms with Gasteiger partial charge in [0.2, 0.25) is 0 Å². The minimum atomic E-state index is -0.835. The van der Waals surface area contributed by atoms with Crippen LogP contribution in [0.3, 0.4) is 0 Å². The van der Waals surface area contributed by atoms with E-state index < -0.39 is 11.9 Å². The highest BCUT2D eigenvalue weighted by Gasteiger charge is 2.38. The molecule has 0 aliphatic carbocycles. The number of methoxy groups -OCH3 is 1. The Balaban J connectivity index is 2.51. The number of carboxylic acids is 1. The van der Waals surface area contributed by atoms with Gasteiger partial charge in [0.15, 0.2) is 0 Å². The van der Waals surface area contributed by atoms with Gasteiger partial charge in [-0.1, -0.05) is 0 Å². The van der Waals surface area contributed by atoms with E-state index in [0.717, 1.165) is 0 Å². The maximum atomic E-state index is 11.9. The standard InChI is InChI=1S/C11H20N2O4/c1-7(6-17-3)12-11(16)13-5-4-9(8(13)2)10(14)15/h7-9H,4-6H2,1-3H3,(H,12,16)(H,14,15). The second-order valence-corrected chi connectivity index (χ2v) is 4.47. The zero-order valence-corrected chi connectivity index (χ0v) is 10.5. The van der Waals surface area contributed by atoms with E-state index in [0.29, 0.717) is 19.6 Å². The fourth-order valence-electron chi connectivity index (χ4n) is 2.14. The van der Waals surface area contributed by atoms with E-state index in [1.165, 1.54) is 0 Å². The molecule has 0 radical (unpaired) electrons. The Morgan fingerprint density at radius 3 is 2.71 bits per heavy atom. The average molecular weight is 244 g/mol. The van der Waals surface area contributed by atoms with E-state index in [-0.39, 0.29) is 18.1 Å². The zero-order chi connectivity index (χ0) is 13.0. The van der Waals surface area contributed by atoms with Crippen molar-refractivity contribution < 1.29 is 19.4 Å². The minimum absolute atomic E-state index is 0.0800. The molecule has 0 aromatic carbocycles. The van der Waals surface area contributed by atoms with Crippen molar-refractivity contribution in [3.05, 3.63) is 0 Å². The van der Waals surface area contributed by atoms with E-state index in [9.17, 15) is 9.59 Å². The Morgan fingerprint density at radius 1 is 1.59 bits per heavy atom. The topological polar surface area (TPSA) is 78.9 Å². The Hall–Kier alpha value is -1.30. The molecule has 2 N–H and O–H groups in total. The number of nitrogens with zero attached hydrogens (tertiary/aromatic N) is 1. The van der Waals surface area contributed by atoms with Gasteiger partial charge in [0.1, 0.15) is 0 Å². The fraction of sp³-hybridized carbons (Fsp3) is 0.818. The maximum absolute atomic E-state index is 11.9. The highest BCUT2D eigenvalue weighted by molar-refractivity contribution is 5.78. The predicted molar refractivity (Wildman–Crippen MR) is 61.8 cm³/mol. The Morgan fingerprint density at radius 2 is 2.24 bits per heavy atom. The lowest BCUT2D eigenvalue weighted by Gasteiger charge is -2.25. The third kappa shape index (κ3) is 3.33. The van der Waals surface area contributed by atoms with Gasteiger partial charge in [-0.2, -0.15) is 0 Å². The van der Waals surface area contributed by atoms with E-state index in [2.05, 4.69) is 5.32 Å². The van der Waals surface area contributed by atoms with Crippen LogP contribution in [0.4, 0.5) is 4.79 Å². The molecule has 6 nitrogen and oxygen atoms in total. The quantitative estimate of drug-likeness (QED) is 0.756. The molecule has 1 fully saturated rings. The van der Waals surface area contributed by atoms with Gasteiger partial charge in [-0.05, 0) is 20.3 Å². The number of hydrogen-bond acceptors (Lipinski definition) is 3. The molecule has 0 spiro atoms. The molecule has 0 bridgehead atoms. The second-order valence-electron chi connectivity index (χ2n) is 4.47. The van der Waals surface area contributed by atoms with Crippen LogP contribution in [0.2, 0.25) is 0 Å². The summed E-state index contributed by atoms with van der Waals surface area (Å²) in [5.41, 5.74) is 0. The molecule has 0 saturated carbocycles. The van der Waals surface area contributed by atoms with Gasteiger partial charge in [-0.15, -0.1) is 0 Å². The third-order valence-corrected chi connectivity index (χ3v) is 3.12. The van der Waals surface area contributed by atoms with Crippen molar-refractivity contribution in [2.45, 2.75) is 32.4 Å². The number of hydrogen-bond donors (Lipinski definition) is 2. The number of carboxylic acid groups (broad SMARTS) is 1. The molecule has 2 amide bonds. The maximum Gasteiger partial charge on any atom is 0.317 e. The molecular weight excluding hydrogens is 224 g/mol. The first-order chi connectivity index (χ1) is 7.97. The molecule has 98 valence electrons. The van der Waals surface area contributed by atoms with E-state index >= 15 is 0 Å². The van der Waals surface area contributed by atoms with Crippen LogP contribution in [-0.2, 0) is 9.53 Å². The van der Waals surface area contributed by atoms with E-state index in [1.54, 1.807) is 18.9 Å². The summed E-state index contributed by atoms with van der Waals surface area (Å²) in [5, 5.41) is 11.8. The monoisotopic (exact) mass is 244 g/mol. The van der Waals surface area contributed by atoms with E-state index in [4.69, 9.17) is 9.84 Å². The number of likely N-dealkylation sites (tertiary alicyclic amines) is 1. The smallest absolute Gasteiger partial charge is 0.317 e. The summed E-state index contributed by atoms with van der Waals surface area (Å²) in [6, 6.07) is -0.559. The third-order valence-electron chi connectivity index (χ3n) is 3.12.